The van der Waals surface area contributed by atoms with Gasteiger partial charge >= 0.3 is 87.6 Å². The monoisotopic (exact) mass is 1190 g/mol. The first-order chi connectivity index (χ1) is 39.7. The van der Waals surface area contributed by atoms with Crippen LogP contribution in [0.5, 0.6) is 0 Å². The van der Waals surface area contributed by atoms with Crippen molar-refractivity contribution in [2.75, 3.05) is 52.5 Å². The van der Waals surface area contributed by atoms with Gasteiger partial charge in [0.2, 0.25) is 0 Å². The third-order valence-electron chi connectivity index (χ3n) is 13.7. The summed E-state index contributed by atoms with van der Waals surface area (Å²) < 4.78 is 30.9. The fraction of sp³-hybridized carbons (Fsp3) is 0.460. The molecule has 0 aromatic heterocycles. The quantitative estimate of drug-likeness (QED) is 0.0459. The van der Waals surface area contributed by atoms with Gasteiger partial charge in [0.25, 0.3) is 0 Å². The number of hydrogen-bond donors (Lipinski definition) is 0. The van der Waals surface area contributed by atoms with E-state index in [1.54, 1.807) is 18.7 Å². The Morgan fingerprint density at radius 3 is 1.33 bits per heavy atom. The van der Waals surface area contributed by atoms with Crippen molar-refractivity contribution in [2.45, 2.75) is 117 Å². The zero-order valence-electron chi connectivity index (χ0n) is 48.6. The normalized spacial score (nSPS) is 17.8. The minimum Gasteiger partial charge on any atom is -0.870 e. The number of hydrogen-bond acceptors (Lipinski definition) is 17. The average molecular weight is 1190 g/mol. The van der Waals surface area contributed by atoms with Crippen molar-refractivity contribution in [2.24, 2.45) is 17.8 Å². The number of rotatable bonds is 13. The van der Waals surface area contributed by atoms with Gasteiger partial charge in [0.15, 0.2) is 11.6 Å². The molecular weight excluding hydrogens is 1110 g/mol. The summed E-state index contributed by atoms with van der Waals surface area (Å²) in [5, 5.41) is 0. The van der Waals surface area contributed by atoms with E-state index in [1.165, 1.54) is 9.80 Å². The molecule has 3 amide bonds. The summed E-state index contributed by atoms with van der Waals surface area (Å²) >= 11 is 0. The molecule has 3 atom stereocenters. The molecule has 1 N–H and O–H groups in total. The predicted molar refractivity (Wildman–Crippen MR) is 302 cm³/mol. The van der Waals surface area contributed by atoms with Crippen molar-refractivity contribution in [1.82, 2.24) is 14.7 Å². The Kier molecular flexibility index (Phi) is 34.6. The second-order valence-electron chi connectivity index (χ2n) is 19.9. The molecular formula is C63H78KN3O17. The van der Waals surface area contributed by atoms with Crippen molar-refractivity contribution in [3.63, 3.8) is 0 Å². The van der Waals surface area contributed by atoms with E-state index in [0.717, 1.165) is 41.5 Å². The first kappa shape index (κ1) is 71.6. The Hall–Kier alpha value is -6.62. The van der Waals surface area contributed by atoms with E-state index in [2.05, 4.69) is 0 Å². The Bertz CT molecular complexity index is 2680. The maximum atomic E-state index is 12.3. The molecule has 4 fully saturated rings. The minimum atomic E-state index is -0.841. The SMILES string of the molecule is CCOC(=O)C1CC(C(=O)OCc2ccccc2)CCCC1=O.CCOC(=O)C1CCCN(C(=O)OCc2ccccc2)CC1=O.O=C1CCCCN(C(=O)OCc2ccccc2)C1.O=C1CCCN(C(=O)OCc2ccccc2)CC1.[K+].[OH-]. The molecule has 1 saturated carbocycles. The van der Waals surface area contributed by atoms with E-state index in [1.807, 2.05) is 121 Å². The topological polar surface area (TPSA) is 266 Å². The molecule has 3 saturated heterocycles. The Morgan fingerprint density at radius 1 is 0.405 bits per heavy atom. The van der Waals surface area contributed by atoms with Crippen LogP contribution < -0.4 is 51.4 Å². The largest absolute Gasteiger partial charge is 1.00 e. The first-order valence-corrected chi connectivity index (χ1v) is 28.2. The Balaban J connectivity index is 0.000000293. The summed E-state index contributed by atoms with van der Waals surface area (Å²) in [6, 6.07) is 37.8. The van der Waals surface area contributed by atoms with Gasteiger partial charge in [-0.15, -0.1) is 0 Å². The molecule has 1 aliphatic carbocycles. The third kappa shape index (κ3) is 26.5. The van der Waals surface area contributed by atoms with Crippen molar-refractivity contribution >= 4 is 59.3 Å². The summed E-state index contributed by atoms with van der Waals surface area (Å²) in [6.07, 6.45) is 5.43. The molecule has 4 aromatic rings. The molecule has 3 heterocycles. The number of amides is 3. The number of Topliss-reactive ketones (excluding diaryl/α,β-unsaturated/α-hetero) is 4. The van der Waals surface area contributed by atoms with Gasteiger partial charge in [-0.2, -0.15) is 0 Å². The summed E-state index contributed by atoms with van der Waals surface area (Å²) in [4.78, 5) is 123. The van der Waals surface area contributed by atoms with E-state index in [0.29, 0.717) is 77.5 Å². The number of ketones is 4. The molecule has 20 nitrogen and oxygen atoms in total. The van der Waals surface area contributed by atoms with Crippen LogP contribution in [0.4, 0.5) is 14.4 Å². The molecule has 448 valence electrons. The second kappa shape index (κ2) is 40.6. The number of nitrogens with zero attached hydrogens (tertiary/aromatic N) is 3. The van der Waals surface area contributed by atoms with Crippen LogP contribution in [0.25, 0.3) is 0 Å². The van der Waals surface area contributed by atoms with Crippen LogP contribution >= 0.6 is 0 Å². The van der Waals surface area contributed by atoms with Crippen LogP contribution in [0.3, 0.4) is 0 Å². The van der Waals surface area contributed by atoms with Gasteiger partial charge in [-0.1, -0.05) is 121 Å². The van der Waals surface area contributed by atoms with E-state index in [9.17, 15) is 47.9 Å². The van der Waals surface area contributed by atoms with Gasteiger partial charge in [-0.05, 0) is 87.5 Å². The van der Waals surface area contributed by atoms with Gasteiger partial charge in [0.05, 0.1) is 32.2 Å². The number of esters is 3. The zero-order valence-corrected chi connectivity index (χ0v) is 51.7. The van der Waals surface area contributed by atoms with Crippen LogP contribution in [0.2, 0.25) is 0 Å². The van der Waals surface area contributed by atoms with E-state index >= 15 is 0 Å². The smallest absolute Gasteiger partial charge is 0.870 e. The van der Waals surface area contributed by atoms with Crippen LogP contribution in [0.1, 0.15) is 113 Å². The summed E-state index contributed by atoms with van der Waals surface area (Å²) in [7, 11) is 0. The number of carbonyl (C=O) groups is 10. The average Bonchev–Trinajstić information content (AvgIpc) is 4.11. The van der Waals surface area contributed by atoms with Crippen LogP contribution in [0, 0.1) is 17.8 Å². The molecule has 4 aromatic carbocycles. The second-order valence-corrected chi connectivity index (χ2v) is 19.9. The molecule has 4 aliphatic rings. The zero-order chi connectivity index (χ0) is 58.9. The maximum absolute atomic E-state index is 12.3. The van der Waals surface area contributed by atoms with Crippen molar-refractivity contribution in [3.8, 4) is 0 Å². The minimum absolute atomic E-state index is 0. The summed E-state index contributed by atoms with van der Waals surface area (Å²) in [5.74, 6) is -3.51. The Morgan fingerprint density at radius 2 is 0.833 bits per heavy atom. The van der Waals surface area contributed by atoms with E-state index in [-0.39, 0.29) is 151 Å². The Labute approximate surface area is 534 Å². The molecule has 0 radical (unpaired) electrons. The number of carbonyl (C=O) groups excluding carboxylic acids is 10. The standard InChI is InChI=1S/C18H22O5.C17H21NO5.2C14H17NO3.K.H2O/c1-2-22-18(21)15-11-14(9-6-10-16(15)19)17(20)23-12-13-7-4-3-5-8-13;1-2-22-16(20)14-9-6-10-18(11-15(14)19)17(21)23-12-13-7-4-3-5-8-13;16-13-8-4-5-9-15(10-13)14(17)18-11-12-6-2-1-3-7-12;16-13-7-4-9-15(10-8-13)14(17)18-11-12-5-2-1-3-6-12;;/h3-5,7-8,14-15H,2,6,9-12H2,1H3;3-5,7-8,14H,2,6,9-12H2,1H3;1-3,6-7H,4-5,8-11H2;1-3,5-6H,4,7-11H2;;1H2/q;;;;+1;/p-1. The fourth-order valence-electron chi connectivity index (χ4n) is 9.16. The molecule has 3 aliphatic heterocycles. The number of benzene rings is 4. The van der Waals surface area contributed by atoms with Crippen molar-refractivity contribution < 1.29 is 133 Å². The fourth-order valence-corrected chi connectivity index (χ4v) is 9.16. The van der Waals surface area contributed by atoms with Crippen molar-refractivity contribution in [3.05, 3.63) is 144 Å². The maximum Gasteiger partial charge on any atom is 1.00 e. The molecule has 84 heavy (non-hydrogen) atoms. The molecule has 0 bridgehead atoms. The van der Waals surface area contributed by atoms with E-state index < -0.39 is 41.9 Å². The van der Waals surface area contributed by atoms with Crippen molar-refractivity contribution in [1.29, 1.82) is 0 Å². The third-order valence-corrected chi connectivity index (χ3v) is 13.7. The summed E-state index contributed by atoms with van der Waals surface area (Å²) in [5.41, 5.74) is 3.71. The molecule has 3 unspecified atom stereocenters. The van der Waals surface area contributed by atoms with Gasteiger partial charge in [-0.3, -0.25) is 33.6 Å². The van der Waals surface area contributed by atoms with E-state index in [4.69, 9.17) is 28.4 Å². The van der Waals surface area contributed by atoms with Gasteiger partial charge in [-0.25, -0.2) is 14.4 Å². The molecule has 21 heteroatoms. The number of ether oxygens (including phenoxy) is 6. The molecule has 0 spiro atoms. The van der Waals surface area contributed by atoms with Gasteiger partial charge in [0, 0.05) is 51.9 Å². The van der Waals surface area contributed by atoms with Crippen LogP contribution in [-0.4, -0.2) is 132 Å². The predicted octanol–water partition coefficient (Wildman–Crippen LogP) is 6.42. The van der Waals surface area contributed by atoms with Crippen LogP contribution in [0.15, 0.2) is 121 Å². The summed E-state index contributed by atoms with van der Waals surface area (Å²) in [6.45, 7) is 6.94. The van der Waals surface area contributed by atoms with Crippen LogP contribution in [-0.2, 0) is 88.4 Å². The number of likely N-dealkylation sites (tertiary alicyclic amines) is 3. The molecule has 8 rings (SSSR count). The first-order valence-electron chi connectivity index (χ1n) is 28.2. The van der Waals surface area contributed by atoms with Gasteiger partial charge < -0.3 is 48.6 Å². The van der Waals surface area contributed by atoms with Gasteiger partial charge in [0.1, 0.15) is 49.8 Å².